The quantitative estimate of drug-likeness (QED) is 0.712. The van der Waals surface area contributed by atoms with Crippen molar-refractivity contribution in [2.75, 3.05) is 6.61 Å². The summed E-state index contributed by atoms with van der Waals surface area (Å²) in [6, 6.07) is 7.11. The van der Waals surface area contributed by atoms with E-state index in [0.717, 1.165) is 5.56 Å². The summed E-state index contributed by atoms with van der Waals surface area (Å²) >= 11 is 0. The standard InChI is InChI=1S/C13H17N5O2/c1-9(13-15-8-16-18-13)17-12(19)7-20-11-5-3-2-4-10(11)6-14/h2-5,8-9H,6-7,14H2,1H3,(H,17,19)(H,15,16,18). The molecule has 4 N–H and O–H groups in total. The maximum atomic E-state index is 11.8. The largest absolute Gasteiger partial charge is 0.483 e. The van der Waals surface area contributed by atoms with Crippen LogP contribution in [0.3, 0.4) is 0 Å². The van der Waals surface area contributed by atoms with Crippen LogP contribution in [0.1, 0.15) is 24.4 Å². The Morgan fingerprint density at radius 2 is 2.30 bits per heavy atom. The van der Waals surface area contributed by atoms with E-state index in [9.17, 15) is 4.79 Å². The van der Waals surface area contributed by atoms with Crippen molar-refractivity contribution >= 4 is 5.91 Å². The van der Waals surface area contributed by atoms with Gasteiger partial charge in [0.2, 0.25) is 0 Å². The molecular formula is C13H17N5O2. The first kappa shape index (κ1) is 14.0. The summed E-state index contributed by atoms with van der Waals surface area (Å²) in [6.45, 7) is 2.11. The topological polar surface area (TPSA) is 106 Å². The van der Waals surface area contributed by atoms with E-state index in [-0.39, 0.29) is 18.6 Å². The lowest BCUT2D eigenvalue weighted by atomic mass is 10.2. The second-order valence-corrected chi connectivity index (χ2v) is 4.26. The van der Waals surface area contributed by atoms with Crippen LogP contribution in [0, 0.1) is 0 Å². The van der Waals surface area contributed by atoms with E-state index >= 15 is 0 Å². The van der Waals surface area contributed by atoms with Gasteiger partial charge in [0.1, 0.15) is 17.9 Å². The smallest absolute Gasteiger partial charge is 0.258 e. The molecule has 0 aliphatic heterocycles. The number of ether oxygens (including phenoxy) is 1. The van der Waals surface area contributed by atoms with Crippen LogP contribution >= 0.6 is 0 Å². The summed E-state index contributed by atoms with van der Waals surface area (Å²) < 4.78 is 5.47. The predicted octanol–water partition coefficient (Wildman–Crippen LogP) is 0.520. The molecule has 1 heterocycles. The molecule has 0 saturated heterocycles. The van der Waals surface area contributed by atoms with Gasteiger partial charge in [0.05, 0.1) is 6.04 Å². The number of hydrogen-bond donors (Lipinski definition) is 3. The van der Waals surface area contributed by atoms with Gasteiger partial charge in [0.25, 0.3) is 5.91 Å². The molecule has 0 bridgehead atoms. The van der Waals surface area contributed by atoms with Crippen molar-refractivity contribution in [2.24, 2.45) is 5.73 Å². The first-order valence-electron chi connectivity index (χ1n) is 6.26. The molecule has 1 amide bonds. The first-order valence-corrected chi connectivity index (χ1v) is 6.26. The summed E-state index contributed by atoms with van der Waals surface area (Å²) in [6.07, 6.45) is 1.39. The van der Waals surface area contributed by atoms with Crippen molar-refractivity contribution in [1.29, 1.82) is 0 Å². The van der Waals surface area contributed by atoms with Crippen molar-refractivity contribution in [3.05, 3.63) is 42.0 Å². The molecule has 2 rings (SSSR count). The first-order chi connectivity index (χ1) is 9.70. The number of nitrogens with zero attached hydrogens (tertiary/aromatic N) is 2. The number of amides is 1. The lowest BCUT2D eigenvalue weighted by Gasteiger charge is -2.13. The number of aromatic amines is 1. The Kier molecular flexibility index (Phi) is 4.67. The zero-order chi connectivity index (χ0) is 14.4. The second kappa shape index (κ2) is 6.67. The van der Waals surface area contributed by atoms with E-state index < -0.39 is 0 Å². The summed E-state index contributed by atoms with van der Waals surface area (Å²) in [4.78, 5) is 15.8. The third kappa shape index (κ3) is 3.55. The molecule has 7 heteroatoms. The fraction of sp³-hybridized carbons (Fsp3) is 0.308. The maximum absolute atomic E-state index is 11.8. The molecule has 0 radical (unpaired) electrons. The number of hydrogen-bond acceptors (Lipinski definition) is 5. The fourth-order valence-corrected chi connectivity index (χ4v) is 1.73. The summed E-state index contributed by atoms with van der Waals surface area (Å²) in [5.74, 6) is 0.985. The molecule has 1 atom stereocenters. The minimum atomic E-state index is -0.252. The van der Waals surface area contributed by atoms with E-state index in [2.05, 4.69) is 20.5 Å². The normalized spacial score (nSPS) is 11.9. The van der Waals surface area contributed by atoms with Crippen molar-refractivity contribution in [3.8, 4) is 5.75 Å². The summed E-state index contributed by atoms with van der Waals surface area (Å²) in [5, 5.41) is 9.20. The van der Waals surface area contributed by atoms with E-state index in [1.165, 1.54) is 6.33 Å². The van der Waals surface area contributed by atoms with Crippen LogP contribution in [0.15, 0.2) is 30.6 Å². The lowest BCUT2D eigenvalue weighted by Crippen LogP contribution is -2.32. The van der Waals surface area contributed by atoms with Gasteiger partial charge in [-0.05, 0) is 13.0 Å². The molecule has 20 heavy (non-hydrogen) atoms. The van der Waals surface area contributed by atoms with Gasteiger partial charge in [-0.2, -0.15) is 5.10 Å². The Balaban J connectivity index is 1.86. The molecule has 106 valence electrons. The fourth-order valence-electron chi connectivity index (χ4n) is 1.73. The molecule has 1 unspecified atom stereocenters. The Hall–Kier alpha value is -2.41. The van der Waals surface area contributed by atoms with Crippen molar-refractivity contribution in [2.45, 2.75) is 19.5 Å². The van der Waals surface area contributed by atoms with E-state index in [4.69, 9.17) is 10.5 Å². The van der Waals surface area contributed by atoms with Crippen LogP contribution in [-0.2, 0) is 11.3 Å². The second-order valence-electron chi connectivity index (χ2n) is 4.26. The van der Waals surface area contributed by atoms with Gasteiger partial charge in [0, 0.05) is 12.1 Å². The number of H-pyrrole nitrogens is 1. The maximum Gasteiger partial charge on any atom is 0.258 e. The highest BCUT2D eigenvalue weighted by Crippen LogP contribution is 2.16. The molecular weight excluding hydrogens is 258 g/mol. The number of rotatable bonds is 6. The van der Waals surface area contributed by atoms with Crippen LogP contribution in [0.2, 0.25) is 0 Å². The molecule has 7 nitrogen and oxygen atoms in total. The van der Waals surface area contributed by atoms with Crippen LogP contribution in [0.5, 0.6) is 5.75 Å². The van der Waals surface area contributed by atoms with Gasteiger partial charge in [-0.3, -0.25) is 9.89 Å². The number of benzene rings is 1. The van der Waals surface area contributed by atoms with Crippen LogP contribution in [0.25, 0.3) is 0 Å². The van der Waals surface area contributed by atoms with Gasteiger partial charge in [-0.1, -0.05) is 18.2 Å². The Morgan fingerprint density at radius 3 is 3.00 bits per heavy atom. The number of aromatic nitrogens is 3. The van der Waals surface area contributed by atoms with Crippen molar-refractivity contribution in [3.63, 3.8) is 0 Å². The van der Waals surface area contributed by atoms with Gasteiger partial charge in [0.15, 0.2) is 6.61 Å². The average Bonchev–Trinajstić information content (AvgIpc) is 2.99. The number of carbonyl (C=O) groups excluding carboxylic acids is 1. The van der Waals surface area contributed by atoms with E-state index in [1.54, 1.807) is 6.07 Å². The highest BCUT2D eigenvalue weighted by molar-refractivity contribution is 5.77. The van der Waals surface area contributed by atoms with Crippen molar-refractivity contribution < 1.29 is 9.53 Å². The molecule has 0 aliphatic carbocycles. The Labute approximate surface area is 116 Å². The monoisotopic (exact) mass is 275 g/mol. The average molecular weight is 275 g/mol. The minimum Gasteiger partial charge on any atom is -0.483 e. The van der Waals surface area contributed by atoms with Gasteiger partial charge in [-0.25, -0.2) is 4.98 Å². The lowest BCUT2D eigenvalue weighted by molar-refractivity contribution is -0.123. The molecule has 0 fully saturated rings. The minimum absolute atomic E-state index is 0.0739. The number of nitrogens with one attached hydrogen (secondary N) is 2. The predicted molar refractivity (Wildman–Crippen MR) is 72.8 cm³/mol. The molecule has 0 aliphatic rings. The molecule has 1 aromatic carbocycles. The zero-order valence-corrected chi connectivity index (χ0v) is 11.2. The molecule has 1 aromatic heterocycles. The van der Waals surface area contributed by atoms with Crippen LogP contribution in [0.4, 0.5) is 0 Å². The Bertz CT molecular complexity index is 556. The molecule has 0 spiro atoms. The van der Waals surface area contributed by atoms with Crippen LogP contribution < -0.4 is 15.8 Å². The summed E-state index contributed by atoms with van der Waals surface area (Å²) in [7, 11) is 0. The third-order valence-electron chi connectivity index (χ3n) is 2.77. The highest BCUT2D eigenvalue weighted by atomic mass is 16.5. The van der Waals surface area contributed by atoms with Crippen LogP contribution in [-0.4, -0.2) is 27.7 Å². The highest BCUT2D eigenvalue weighted by Gasteiger charge is 2.12. The third-order valence-corrected chi connectivity index (χ3v) is 2.77. The number of para-hydroxylation sites is 1. The van der Waals surface area contributed by atoms with Crippen molar-refractivity contribution in [1.82, 2.24) is 20.5 Å². The van der Waals surface area contributed by atoms with E-state index in [0.29, 0.717) is 18.1 Å². The van der Waals surface area contributed by atoms with Gasteiger partial charge >= 0.3 is 0 Å². The SMILES string of the molecule is CC(NC(=O)COc1ccccc1CN)c1ncn[nH]1. The zero-order valence-electron chi connectivity index (χ0n) is 11.2. The summed E-state index contributed by atoms with van der Waals surface area (Å²) in [5.41, 5.74) is 6.47. The van der Waals surface area contributed by atoms with E-state index in [1.807, 2.05) is 25.1 Å². The number of carbonyl (C=O) groups is 1. The van der Waals surface area contributed by atoms with Gasteiger partial charge in [-0.15, -0.1) is 0 Å². The Morgan fingerprint density at radius 1 is 1.50 bits per heavy atom. The number of nitrogens with two attached hydrogens (primary N) is 1. The molecule has 0 saturated carbocycles. The van der Waals surface area contributed by atoms with Gasteiger partial charge < -0.3 is 15.8 Å². The molecule has 2 aromatic rings.